The molecule has 4 aromatic carbocycles. The van der Waals surface area contributed by atoms with Gasteiger partial charge in [-0.05, 0) is 65.6 Å². The predicted molar refractivity (Wildman–Crippen MR) is 163 cm³/mol. The van der Waals surface area contributed by atoms with Crippen LogP contribution in [0.5, 0.6) is 11.5 Å². The SMILES string of the molecule is CCCN1C(=O)C(=C(O)C(Cc2ccc(Cl)cc2)Nc2ccc3ccccc3c2)C(O)c2c1ccc(OC)c2OC. The van der Waals surface area contributed by atoms with E-state index in [1.807, 2.05) is 61.5 Å². The summed E-state index contributed by atoms with van der Waals surface area (Å²) in [6.07, 6.45) is -0.440. The lowest BCUT2D eigenvalue weighted by Crippen LogP contribution is -2.41. The Bertz CT molecular complexity index is 1600. The fraction of sp³-hybridized carbons (Fsp3) is 0.242. The number of hydrogen-bond acceptors (Lipinski definition) is 6. The minimum atomic E-state index is -1.44. The van der Waals surface area contributed by atoms with Gasteiger partial charge in [0.1, 0.15) is 11.9 Å². The van der Waals surface area contributed by atoms with Crippen molar-refractivity contribution in [2.75, 3.05) is 31.0 Å². The van der Waals surface area contributed by atoms with E-state index in [0.29, 0.717) is 47.2 Å². The van der Waals surface area contributed by atoms with E-state index < -0.39 is 18.1 Å². The Morgan fingerprint density at radius 2 is 1.73 bits per heavy atom. The number of rotatable bonds is 9. The molecule has 8 heteroatoms. The third-order valence-corrected chi connectivity index (χ3v) is 7.62. The smallest absolute Gasteiger partial charge is 0.260 e. The van der Waals surface area contributed by atoms with Crippen LogP contribution in [0.4, 0.5) is 11.4 Å². The molecule has 2 unspecified atom stereocenters. The fourth-order valence-electron chi connectivity index (χ4n) is 5.39. The van der Waals surface area contributed by atoms with Gasteiger partial charge in [0, 0.05) is 17.3 Å². The first-order chi connectivity index (χ1) is 19.9. The molecule has 1 amide bonds. The van der Waals surface area contributed by atoms with Crippen LogP contribution in [0.15, 0.2) is 90.2 Å². The molecule has 0 aliphatic carbocycles. The Labute approximate surface area is 244 Å². The Morgan fingerprint density at radius 1 is 1.00 bits per heavy atom. The van der Waals surface area contributed by atoms with Gasteiger partial charge in [-0.3, -0.25) is 4.79 Å². The van der Waals surface area contributed by atoms with Crippen LogP contribution in [0.1, 0.15) is 30.6 Å². The Morgan fingerprint density at radius 3 is 2.41 bits per heavy atom. The number of benzene rings is 4. The molecule has 3 N–H and O–H groups in total. The molecule has 0 bridgehead atoms. The van der Waals surface area contributed by atoms with Crippen molar-refractivity contribution in [2.45, 2.75) is 31.9 Å². The van der Waals surface area contributed by atoms with E-state index in [0.717, 1.165) is 22.0 Å². The Hall–Kier alpha value is -4.20. The first-order valence-electron chi connectivity index (χ1n) is 13.5. The van der Waals surface area contributed by atoms with Gasteiger partial charge >= 0.3 is 0 Å². The average molecular weight is 573 g/mol. The number of amides is 1. The van der Waals surface area contributed by atoms with Gasteiger partial charge < -0.3 is 29.9 Å². The van der Waals surface area contributed by atoms with Crippen LogP contribution in [-0.2, 0) is 11.2 Å². The number of hydrogen-bond donors (Lipinski definition) is 3. The van der Waals surface area contributed by atoms with Gasteiger partial charge in [0.05, 0.1) is 37.1 Å². The highest BCUT2D eigenvalue weighted by Gasteiger charge is 2.41. The number of anilines is 2. The molecule has 0 radical (unpaired) electrons. The minimum absolute atomic E-state index is 0.107. The molecule has 0 spiro atoms. The summed E-state index contributed by atoms with van der Waals surface area (Å²) in [6.45, 7) is 2.36. The van der Waals surface area contributed by atoms with E-state index in [2.05, 4.69) is 5.32 Å². The van der Waals surface area contributed by atoms with Crippen molar-refractivity contribution in [3.8, 4) is 11.5 Å². The van der Waals surface area contributed by atoms with Gasteiger partial charge in [0.2, 0.25) is 0 Å². The third-order valence-electron chi connectivity index (χ3n) is 7.37. The predicted octanol–water partition coefficient (Wildman–Crippen LogP) is 6.84. The molecular formula is C33H33ClN2O5. The molecule has 0 saturated heterocycles. The summed E-state index contributed by atoms with van der Waals surface area (Å²) >= 11 is 6.12. The Kier molecular flexibility index (Phi) is 8.38. The minimum Gasteiger partial charge on any atom is -0.509 e. The topological polar surface area (TPSA) is 91.3 Å². The zero-order chi connectivity index (χ0) is 29.1. The molecule has 5 rings (SSSR count). The molecular weight excluding hydrogens is 540 g/mol. The molecule has 2 atom stereocenters. The molecule has 1 aliphatic heterocycles. The largest absolute Gasteiger partial charge is 0.509 e. The van der Waals surface area contributed by atoms with Crippen molar-refractivity contribution < 1.29 is 24.5 Å². The summed E-state index contributed by atoms with van der Waals surface area (Å²) in [5.74, 6) is 0.0234. The van der Waals surface area contributed by atoms with E-state index in [1.165, 1.54) is 14.2 Å². The first-order valence-corrected chi connectivity index (χ1v) is 13.9. The second-order valence-electron chi connectivity index (χ2n) is 9.98. The van der Waals surface area contributed by atoms with Gasteiger partial charge in [0.25, 0.3) is 5.91 Å². The molecule has 7 nitrogen and oxygen atoms in total. The summed E-state index contributed by atoms with van der Waals surface area (Å²) in [6, 6.07) is 23.9. The van der Waals surface area contributed by atoms with E-state index in [1.54, 1.807) is 29.2 Å². The molecule has 4 aromatic rings. The van der Waals surface area contributed by atoms with E-state index in [-0.39, 0.29) is 11.3 Å². The number of aliphatic hydroxyl groups is 2. The van der Waals surface area contributed by atoms with E-state index >= 15 is 0 Å². The van der Waals surface area contributed by atoms with Gasteiger partial charge in [0.15, 0.2) is 11.5 Å². The fourth-order valence-corrected chi connectivity index (χ4v) is 5.52. The maximum Gasteiger partial charge on any atom is 0.260 e. The van der Waals surface area contributed by atoms with Crippen molar-refractivity contribution in [3.63, 3.8) is 0 Å². The van der Waals surface area contributed by atoms with Crippen LogP contribution >= 0.6 is 11.6 Å². The number of carbonyl (C=O) groups excluding carboxylic acids is 1. The van der Waals surface area contributed by atoms with Crippen LogP contribution < -0.4 is 19.7 Å². The lowest BCUT2D eigenvalue weighted by Gasteiger charge is -2.36. The first kappa shape index (κ1) is 28.3. The number of carbonyl (C=O) groups is 1. The second-order valence-corrected chi connectivity index (χ2v) is 10.4. The zero-order valence-electron chi connectivity index (χ0n) is 23.2. The average Bonchev–Trinajstić information content (AvgIpc) is 2.99. The Balaban J connectivity index is 1.64. The van der Waals surface area contributed by atoms with Crippen molar-refractivity contribution in [1.29, 1.82) is 0 Å². The summed E-state index contributed by atoms with van der Waals surface area (Å²) in [7, 11) is 3.00. The number of halogens is 1. The molecule has 41 heavy (non-hydrogen) atoms. The van der Waals surface area contributed by atoms with Crippen molar-refractivity contribution in [3.05, 3.63) is 106 Å². The van der Waals surface area contributed by atoms with Crippen LogP contribution in [0.3, 0.4) is 0 Å². The highest BCUT2D eigenvalue weighted by molar-refractivity contribution is 6.30. The lowest BCUT2D eigenvalue weighted by atomic mass is 9.88. The second kappa shape index (κ2) is 12.1. The lowest BCUT2D eigenvalue weighted by molar-refractivity contribution is -0.116. The van der Waals surface area contributed by atoms with Gasteiger partial charge in [-0.15, -0.1) is 0 Å². The zero-order valence-corrected chi connectivity index (χ0v) is 24.0. The van der Waals surface area contributed by atoms with E-state index in [9.17, 15) is 15.0 Å². The maximum atomic E-state index is 13.9. The monoisotopic (exact) mass is 572 g/mol. The number of methoxy groups -OCH3 is 2. The highest BCUT2D eigenvalue weighted by atomic mass is 35.5. The van der Waals surface area contributed by atoms with Gasteiger partial charge in [-0.1, -0.05) is 61.0 Å². The molecule has 1 aliphatic rings. The van der Waals surface area contributed by atoms with Crippen LogP contribution in [-0.4, -0.2) is 42.9 Å². The van der Waals surface area contributed by atoms with Crippen molar-refractivity contribution >= 4 is 39.7 Å². The molecule has 0 fully saturated rings. The standard InChI is InChI=1S/C33H33ClN2O5/c1-4-17-36-26-15-16-27(40-2)32(41-3)28(26)31(38)29(33(36)39)30(37)25(18-20-9-12-23(34)13-10-20)35-24-14-11-21-7-5-6-8-22(21)19-24/h5-16,19,25,31,35,37-38H,4,17-18H2,1-3H3. The third kappa shape index (κ3) is 5.56. The summed E-state index contributed by atoms with van der Waals surface area (Å²) in [5.41, 5.74) is 2.44. The van der Waals surface area contributed by atoms with Crippen molar-refractivity contribution in [2.24, 2.45) is 0 Å². The van der Waals surface area contributed by atoms with Gasteiger partial charge in [-0.25, -0.2) is 0 Å². The molecule has 1 heterocycles. The highest BCUT2D eigenvalue weighted by Crippen LogP contribution is 2.48. The van der Waals surface area contributed by atoms with Gasteiger partial charge in [-0.2, -0.15) is 0 Å². The quantitative estimate of drug-likeness (QED) is 0.150. The van der Waals surface area contributed by atoms with Crippen LogP contribution in [0.25, 0.3) is 10.8 Å². The van der Waals surface area contributed by atoms with Crippen LogP contribution in [0.2, 0.25) is 5.02 Å². The number of nitrogens with one attached hydrogen (secondary N) is 1. The summed E-state index contributed by atoms with van der Waals surface area (Å²) in [5, 5.41) is 29.7. The van der Waals surface area contributed by atoms with Crippen molar-refractivity contribution in [1.82, 2.24) is 0 Å². The maximum absolute atomic E-state index is 13.9. The number of nitrogens with zero attached hydrogens (tertiary/aromatic N) is 1. The molecule has 212 valence electrons. The van der Waals surface area contributed by atoms with E-state index in [4.69, 9.17) is 21.1 Å². The number of aliphatic hydroxyl groups excluding tert-OH is 2. The summed E-state index contributed by atoms with van der Waals surface area (Å²) in [4.78, 5) is 15.5. The summed E-state index contributed by atoms with van der Waals surface area (Å²) < 4.78 is 11.1. The number of fused-ring (bicyclic) bond motifs is 2. The molecule has 0 saturated carbocycles. The molecule has 0 aromatic heterocycles. The number of ether oxygens (including phenoxy) is 2. The normalized spacial score (nSPS) is 16.8. The van der Waals surface area contributed by atoms with Crippen LogP contribution in [0, 0.1) is 0 Å².